The van der Waals surface area contributed by atoms with Crippen molar-refractivity contribution < 1.29 is 4.79 Å². The van der Waals surface area contributed by atoms with E-state index in [2.05, 4.69) is 17.6 Å². The molecule has 0 aromatic carbocycles. The lowest BCUT2D eigenvalue weighted by Gasteiger charge is -2.09. The summed E-state index contributed by atoms with van der Waals surface area (Å²) in [7, 11) is 0. The number of halogens is 1. The summed E-state index contributed by atoms with van der Waals surface area (Å²) < 4.78 is 0.651. The number of carbonyl (C=O) groups is 1. The molecule has 3 nitrogen and oxygen atoms in total. The fourth-order valence-corrected chi connectivity index (χ4v) is 2.69. The number of rotatable bonds is 2. The second-order valence-corrected chi connectivity index (χ2v) is 5.53. The maximum atomic E-state index is 11.7. The predicted molar refractivity (Wildman–Crippen MR) is 62.7 cm³/mol. The van der Waals surface area contributed by atoms with Crippen LogP contribution >= 0.6 is 22.9 Å². The van der Waals surface area contributed by atoms with Crippen LogP contribution in [0.2, 0.25) is 4.34 Å². The van der Waals surface area contributed by atoms with Gasteiger partial charge in [-0.2, -0.15) is 0 Å². The second kappa shape index (κ2) is 4.51. The van der Waals surface area contributed by atoms with Crippen LogP contribution in [0.5, 0.6) is 0 Å². The summed E-state index contributed by atoms with van der Waals surface area (Å²) in [6.45, 7) is 2.97. The molecule has 82 valence electrons. The van der Waals surface area contributed by atoms with Gasteiger partial charge in [0.25, 0.3) is 5.91 Å². The Morgan fingerprint density at radius 1 is 1.67 bits per heavy atom. The van der Waals surface area contributed by atoms with Crippen molar-refractivity contribution in [2.75, 3.05) is 6.54 Å². The molecular formula is C10H13ClN2OS. The van der Waals surface area contributed by atoms with E-state index in [-0.39, 0.29) is 11.9 Å². The minimum Gasteiger partial charge on any atom is -0.347 e. The van der Waals surface area contributed by atoms with Gasteiger partial charge in [-0.25, -0.2) is 0 Å². The number of hydrogen-bond donors (Lipinski definition) is 2. The van der Waals surface area contributed by atoms with Crippen LogP contribution < -0.4 is 10.6 Å². The third-order valence-electron chi connectivity index (χ3n) is 2.48. The van der Waals surface area contributed by atoms with Gasteiger partial charge in [0.15, 0.2) is 0 Å². The van der Waals surface area contributed by atoms with E-state index >= 15 is 0 Å². The quantitative estimate of drug-likeness (QED) is 0.834. The normalized spacial score (nSPS) is 25.5. The number of hydrogen-bond acceptors (Lipinski definition) is 3. The third-order valence-corrected chi connectivity index (χ3v) is 3.71. The first-order valence-corrected chi connectivity index (χ1v) is 6.14. The zero-order valence-electron chi connectivity index (χ0n) is 8.42. The van der Waals surface area contributed by atoms with Crippen molar-refractivity contribution in [3.05, 3.63) is 21.3 Å². The molecule has 2 heterocycles. The minimum atomic E-state index is -0.0206. The molecule has 2 unspecified atom stereocenters. The lowest BCUT2D eigenvalue weighted by molar-refractivity contribution is 0.0944. The molecule has 1 aliphatic rings. The number of nitrogens with one attached hydrogen (secondary N) is 2. The van der Waals surface area contributed by atoms with E-state index < -0.39 is 0 Å². The first-order valence-electron chi connectivity index (χ1n) is 4.95. The molecule has 1 amide bonds. The van der Waals surface area contributed by atoms with Crippen molar-refractivity contribution in [2.24, 2.45) is 0 Å². The van der Waals surface area contributed by atoms with Gasteiger partial charge in [0, 0.05) is 18.6 Å². The third kappa shape index (κ3) is 2.71. The molecule has 15 heavy (non-hydrogen) atoms. The summed E-state index contributed by atoms with van der Waals surface area (Å²) in [6, 6.07) is 4.24. The molecule has 2 N–H and O–H groups in total. The highest BCUT2D eigenvalue weighted by molar-refractivity contribution is 7.17. The SMILES string of the molecule is CC1CC(NC(=O)c2ccc(Cl)s2)CN1. The van der Waals surface area contributed by atoms with Gasteiger partial charge >= 0.3 is 0 Å². The Morgan fingerprint density at radius 3 is 3.00 bits per heavy atom. The molecule has 2 rings (SSSR count). The van der Waals surface area contributed by atoms with Crippen LogP contribution in [0.1, 0.15) is 23.0 Å². The molecule has 2 atom stereocenters. The van der Waals surface area contributed by atoms with Gasteiger partial charge in [-0.1, -0.05) is 11.6 Å². The van der Waals surface area contributed by atoms with Crippen molar-refractivity contribution in [3.63, 3.8) is 0 Å². The van der Waals surface area contributed by atoms with Crippen LogP contribution in [0.3, 0.4) is 0 Å². The Kier molecular flexibility index (Phi) is 3.29. The van der Waals surface area contributed by atoms with E-state index in [9.17, 15) is 4.79 Å². The summed E-state index contributed by atoms with van der Waals surface area (Å²) in [5, 5.41) is 6.28. The molecule has 1 aromatic rings. The van der Waals surface area contributed by atoms with E-state index in [0.717, 1.165) is 13.0 Å². The van der Waals surface area contributed by atoms with Crippen molar-refractivity contribution in [1.82, 2.24) is 10.6 Å². The summed E-state index contributed by atoms with van der Waals surface area (Å²) in [5.74, 6) is -0.0206. The van der Waals surface area contributed by atoms with Crippen LogP contribution in [-0.4, -0.2) is 24.5 Å². The molecule has 1 aliphatic heterocycles. The molecule has 1 fully saturated rings. The first kappa shape index (κ1) is 10.9. The highest BCUT2D eigenvalue weighted by Crippen LogP contribution is 2.21. The molecule has 5 heteroatoms. The summed E-state index contributed by atoms with van der Waals surface area (Å²) in [4.78, 5) is 12.4. The molecule has 0 radical (unpaired) electrons. The smallest absolute Gasteiger partial charge is 0.261 e. The molecule has 0 bridgehead atoms. The van der Waals surface area contributed by atoms with Crippen molar-refractivity contribution in [2.45, 2.75) is 25.4 Å². The van der Waals surface area contributed by atoms with E-state index in [0.29, 0.717) is 15.3 Å². The summed E-state index contributed by atoms with van der Waals surface area (Å²) in [5.41, 5.74) is 0. The van der Waals surface area contributed by atoms with Crippen molar-refractivity contribution in [3.8, 4) is 0 Å². The zero-order chi connectivity index (χ0) is 10.8. The predicted octanol–water partition coefficient (Wildman–Crippen LogP) is 1.88. The monoisotopic (exact) mass is 244 g/mol. The van der Waals surface area contributed by atoms with Gasteiger partial charge < -0.3 is 10.6 Å². The van der Waals surface area contributed by atoms with Crippen molar-refractivity contribution in [1.29, 1.82) is 0 Å². The van der Waals surface area contributed by atoms with Gasteiger partial charge in [-0.05, 0) is 25.5 Å². The average molecular weight is 245 g/mol. The lowest BCUT2D eigenvalue weighted by Crippen LogP contribution is -2.35. The number of thiophene rings is 1. The topological polar surface area (TPSA) is 41.1 Å². The fourth-order valence-electron chi connectivity index (χ4n) is 1.74. The highest BCUT2D eigenvalue weighted by Gasteiger charge is 2.22. The molecule has 1 saturated heterocycles. The summed E-state index contributed by atoms with van der Waals surface area (Å²) >= 11 is 7.08. The van der Waals surface area contributed by atoms with Crippen LogP contribution in [0.4, 0.5) is 0 Å². The number of carbonyl (C=O) groups excluding carboxylic acids is 1. The van der Waals surface area contributed by atoms with Gasteiger partial charge in [-0.15, -0.1) is 11.3 Å². The van der Waals surface area contributed by atoms with Crippen LogP contribution in [0.25, 0.3) is 0 Å². The minimum absolute atomic E-state index is 0.0206. The zero-order valence-corrected chi connectivity index (χ0v) is 9.99. The first-order chi connectivity index (χ1) is 7.15. The van der Waals surface area contributed by atoms with Gasteiger partial charge in [0.2, 0.25) is 0 Å². The Balaban J connectivity index is 1.92. The Hall–Kier alpha value is -0.580. The Morgan fingerprint density at radius 2 is 2.47 bits per heavy atom. The van der Waals surface area contributed by atoms with Crippen LogP contribution in [0, 0.1) is 0 Å². The maximum absolute atomic E-state index is 11.7. The van der Waals surface area contributed by atoms with Crippen LogP contribution in [0.15, 0.2) is 12.1 Å². The highest BCUT2D eigenvalue weighted by atomic mass is 35.5. The van der Waals surface area contributed by atoms with E-state index in [1.165, 1.54) is 11.3 Å². The van der Waals surface area contributed by atoms with Gasteiger partial charge in [0.05, 0.1) is 9.21 Å². The van der Waals surface area contributed by atoms with Gasteiger partial charge in [0.1, 0.15) is 0 Å². The molecule has 1 aromatic heterocycles. The molecule has 0 aliphatic carbocycles. The molecule has 0 saturated carbocycles. The maximum Gasteiger partial charge on any atom is 0.261 e. The fraction of sp³-hybridized carbons (Fsp3) is 0.500. The van der Waals surface area contributed by atoms with E-state index in [1.807, 2.05) is 0 Å². The van der Waals surface area contributed by atoms with E-state index in [1.54, 1.807) is 12.1 Å². The van der Waals surface area contributed by atoms with Crippen molar-refractivity contribution >= 4 is 28.8 Å². The van der Waals surface area contributed by atoms with E-state index in [4.69, 9.17) is 11.6 Å². The van der Waals surface area contributed by atoms with Crippen LogP contribution in [-0.2, 0) is 0 Å². The molecule has 0 spiro atoms. The summed E-state index contributed by atoms with van der Waals surface area (Å²) in [6.07, 6.45) is 0.991. The standard InChI is InChI=1S/C10H13ClN2OS/c1-6-4-7(5-12-6)13-10(14)8-2-3-9(11)15-8/h2-3,6-7,12H,4-5H2,1H3,(H,13,14). The second-order valence-electron chi connectivity index (χ2n) is 3.82. The number of amides is 1. The lowest BCUT2D eigenvalue weighted by atomic mass is 10.2. The Labute approximate surface area is 97.8 Å². The largest absolute Gasteiger partial charge is 0.347 e. The Bertz CT molecular complexity index is 366. The van der Waals surface area contributed by atoms with Gasteiger partial charge in [-0.3, -0.25) is 4.79 Å². The molecular weight excluding hydrogens is 232 g/mol. The average Bonchev–Trinajstić information content (AvgIpc) is 2.75.